The predicted molar refractivity (Wildman–Crippen MR) is 74.2 cm³/mol. The van der Waals surface area contributed by atoms with E-state index in [1.807, 2.05) is 0 Å². The molecule has 1 aliphatic heterocycles. The Hall–Kier alpha value is -1.17. The van der Waals surface area contributed by atoms with Gasteiger partial charge in [0.15, 0.2) is 0 Å². The molecule has 1 aliphatic rings. The fourth-order valence-electron chi connectivity index (χ4n) is 1.90. The highest BCUT2D eigenvalue weighted by molar-refractivity contribution is 5.91. The molecule has 0 aliphatic carbocycles. The van der Waals surface area contributed by atoms with E-state index in [9.17, 15) is 9.18 Å². The fraction of sp³-hybridized carbons (Fsp3) is 0.462. The van der Waals surface area contributed by atoms with Crippen LogP contribution in [0.4, 0.5) is 10.1 Å². The molecule has 0 radical (unpaired) electrons. The lowest BCUT2D eigenvalue weighted by molar-refractivity contribution is -0.117. The SMILES string of the molecule is Cc1ccc(NC(=O)CC2COCCN2)c(F)c1.Cl. The number of carbonyl (C=O) groups is 1. The smallest absolute Gasteiger partial charge is 0.226 e. The van der Waals surface area contributed by atoms with Crippen LogP contribution in [0.2, 0.25) is 0 Å². The van der Waals surface area contributed by atoms with Crippen LogP contribution in [0.1, 0.15) is 12.0 Å². The zero-order valence-electron chi connectivity index (χ0n) is 10.7. The highest BCUT2D eigenvalue weighted by Crippen LogP contribution is 2.15. The van der Waals surface area contributed by atoms with Gasteiger partial charge in [0.05, 0.1) is 18.9 Å². The van der Waals surface area contributed by atoms with Crippen LogP contribution in [-0.4, -0.2) is 31.7 Å². The molecular weight excluding hydrogens is 271 g/mol. The summed E-state index contributed by atoms with van der Waals surface area (Å²) in [4.78, 5) is 11.7. The second kappa shape index (κ2) is 7.43. The van der Waals surface area contributed by atoms with Gasteiger partial charge in [0.1, 0.15) is 5.82 Å². The summed E-state index contributed by atoms with van der Waals surface area (Å²) in [6.45, 7) is 3.74. The minimum absolute atomic E-state index is 0. The first-order valence-electron chi connectivity index (χ1n) is 6.02. The van der Waals surface area contributed by atoms with Gasteiger partial charge in [-0.15, -0.1) is 12.4 Å². The van der Waals surface area contributed by atoms with E-state index in [4.69, 9.17) is 4.74 Å². The van der Waals surface area contributed by atoms with Crippen molar-refractivity contribution in [3.8, 4) is 0 Å². The number of carbonyl (C=O) groups excluding carboxylic acids is 1. The molecule has 2 N–H and O–H groups in total. The lowest BCUT2D eigenvalue weighted by Crippen LogP contribution is -2.43. The van der Waals surface area contributed by atoms with E-state index >= 15 is 0 Å². The molecule has 4 nitrogen and oxygen atoms in total. The van der Waals surface area contributed by atoms with Crippen molar-refractivity contribution in [2.75, 3.05) is 25.1 Å². The number of aryl methyl sites for hydroxylation is 1. The molecule has 1 aromatic carbocycles. The quantitative estimate of drug-likeness (QED) is 0.893. The van der Waals surface area contributed by atoms with E-state index in [0.29, 0.717) is 13.2 Å². The number of benzene rings is 1. The first kappa shape index (κ1) is 15.9. The summed E-state index contributed by atoms with van der Waals surface area (Å²) in [5.41, 5.74) is 1.05. The molecule has 1 aromatic rings. The van der Waals surface area contributed by atoms with E-state index in [2.05, 4.69) is 10.6 Å². The van der Waals surface area contributed by atoms with Crippen LogP contribution in [0.15, 0.2) is 18.2 Å². The number of hydrogen-bond donors (Lipinski definition) is 2. The van der Waals surface area contributed by atoms with Gasteiger partial charge >= 0.3 is 0 Å². The van der Waals surface area contributed by atoms with Crippen LogP contribution >= 0.6 is 12.4 Å². The van der Waals surface area contributed by atoms with Crippen LogP contribution in [0.5, 0.6) is 0 Å². The molecule has 1 atom stereocenters. The van der Waals surface area contributed by atoms with E-state index in [0.717, 1.165) is 12.1 Å². The average molecular weight is 289 g/mol. The summed E-state index contributed by atoms with van der Waals surface area (Å²) in [6, 6.07) is 4.75. The molecule has 1 saturated heterocycles. The summed E-state index contributed by atoms with van der Waals surface area (Å²) in [6.07, 6.45) is 0.285. The van der Waals surface area contributed by atoms with E-state index in [1.165, 1.54) is 6.07 Å². The largest absolute Gasteiger partial charge is 0.378 e. The van der Waals surface area contributed by atoms with Crippen LogP contribution < -0.4 is 10.6 Å². The Labute approximate surface area is 118 Å². The Balaban J connectivity index is 0.00000180. The van der Waals surface area contributed by atoms with Crippen LogP contribution in [0, 0.1) is 12.7 Å². The molecule has 1 fully saturated rings. The monoisotopic (exact) mass is 288 g/mol. The van der Waals surface area contributed by atoms with Gasteiger partial charge in [0, 0.05) is 19.0 Å². The third-order valence-corrected chi connectivity index (χ3v) is 2.83. The molecule has 2 rings (SSSR count). The van der Waals surface area contributed by atoms with Crippen LogP contribution in [-0.2, 0) is 9.53 Å². The molecule has 0 aromatic heterocycles. The number of halogens is 2. The molecule has 1 unspecified atom stereocenters. The van der Waals surface area contributed by atoms with Crippen molar-refractivity contribution in [3.63, 3.8) is 0 Å². The van der Waals surface area contributed by atoms with Crippen molar-refractivity contribution in [2.45, 2.75) is 19.4 Å². The summed E-state index contributed by atoms with van der Waals surface area (Å²) in [5.74, 6) is -0.614. The number of hydrogen-bond acceptors (Lipinski definition) is 3. The maximum atomic E-state index is 13.5. The number of morpholine rings is 1. The Morgan fingerprint density at radius 3 is 3.00 bits per heavy atom. The lowest BCUT2D eigenvalue weighted by Gasteiger charge is -2.23. The second-order valence-electron chi connectivity index (χ2n) is 4.46. The van der Waals surface area contributed by atoms with Crippen LogP contribution in [0.25, 0.3) is 0 Å². The van der Waals surface area contributed by atoms with Crippen molar-refractivity contribution in [3.05, 3.63) is 29.6 Å². The summed E-state index contributed by atoms with van der Waals surface area (Å²) in [5, 5.41) is 5.76. The maximum Gasteiger partial charge on any atom is 0.226 e. The molecule has 106 valence electrons. The zero-order chi connectivity index (χ0) is 13.0. The minimum atomic E-state index is -0.406. The zero-order valence-corrected chi connectivity index (χ0v) is 11.6. The maximum absolute atomic E-state index is 13.5. The van der Waals surface area contributed by atoms with Gasteiger partial charge in [-0.1, -0.05) is 6.07 Å². The second-order valence-corrected chi connectivity index (χ2v) is 4.46. The first-order chi connectivity index (χ1) is 8.65. The molecule has 19 heavy (non-hydrogen) atoms. The van der Waals surface area contributed by atoms with E-state index < -0.39 is 5.82 Å². The van der Waals surface area contributed by atoms with E-state index in [1.54, 1.807) is 19.1 Å². The third-order valence-electron chi connectivity index (χ3n) is 2.83. The van der Waals surface area contributed by atoms with Gasteiger partial charge in [0.25, 0.3) is 0 Å². The van der Waals surface area contributed by atoms with Gasteiger partial charge in [-0.05, 0) is 24.6 Å². The Morgan fingerprint density at radius 1 is 1.58 bits per heavy atom. The van der Waals surface area contributed by atoms with Gasteiger partial charge in [-0.3, -0.25) is 4.79 Å². The Morgan fingerprint density at radius 2 is 2.37 bits per heavy atom. The third kappa shape index (κ3) is 4.78. The van der Waals surface area contributed by atoms with Crippen molar-refractivity contribution in [1.29, 1.82) is 0 Å². The molecule has 1 heterocycles. The number of rotatable bonds is 3. The number of anilines is 1. The molecule has 6 heteroatoms. The van der Waals surface area contributed by atoms with Crippen molar-refractivity contribution >= 4 is 24.0 Å². The lowest BCUT2D eigenvalue weighted by atomic mass is 10.1. The first-order valence-corrected chi connectivity index (χ1v) is 6.02. The summed E-state index contributed by atoms with van der Waals surface area (Å²) < 4.78 is 18.8. The number of ether oxygens (including phenoxy) is 1. The van der Waals surface area contributed by atoms with Gasteiger partial charge in [0.2, 0.25) is 5.91 Å². The molecule has 0 bridgehead atoms. The average Bonchev–Trinajstić information content (AvgIpc) is 2.34. The Kier molecular flexibility index (Phi) is 6.21. The molecule has 0 spiro atoms. The molecule has 1 amide bonds. The molecular formula is C13H18ClFN2O2. The van der Waals surface area contributed by atoms with Crippen molar-refractivity contribution < 1.29 is 13.9 Å². The van der Waals surface area contributed by atoms with Gasteiger partial charge in [-0.2, -0.15) is 0 Å². The van der Waals surface area contributed by atoms with Crippen molar-refractivity contribution in [2.24, 2.45) is 0 Å². The van der Waals surface area contributed by atoms with Gasteiger partial charge < -0.3 is 15.4 Å². The minimum Gasteiger partial charge on any atom is -0.378 e. The highest BCUT2D eigenvalue weighted by Gasteiger charge is 2.17. The summed E-state index contributed by atoms with van der Waals surface area (Å²) in [7, 11) is 0. The predicted octanol–water partition coefficient (Wildman–Crippen LogP) is 1.87. The fourth-order valence-corrected chi connectivity index (χ4v) is 1.90. The summed E-state index contributed by atoms with van der Waals surface area (Å²) >= 11 is 0. The Bertz CT molecular complexity index is 437. The standard InChI is InChI=1S/C13H17FN2O2.ClH/c1-9-2-3-12(11(14)6-9)16-13(17)7-10-8-18-5-4-15-10;/h2-3,6,10,15H,4-5,7-8H2,1H3,(H,16,17);1H. The molecule has 0 saturated carbocycles. The van der Waals surface area contributed by atoms with Crippen LogP contribution in [0.3, 0.4) is 0 Å². The highest BCUT2D eigenvalue weighted by atomic mass is 35.5. The number of nitrogens with one attached hydrogen (secondary N) is 2. The normalized spacial score (nSPS) is 18.5. The number of amides is 1. The topological polar surface area (TPSA) is 50.4 Å². The van der Waals surface area contributed by atoms with Gasteiger partial charge in [-0.25, -0.2) is 4.39 Å². The van der Waals surface area contributed by atoms with Crippen molar-refractivity contribution in [1.82, 2.24) is 5.32 Å². The van der Waals surface area contributed by atoms with E-state index in [-0.39, 0.29) is 36.5 Å².